The SMILES string of the molecule is C.COc1cccc2c1N(C(=O)OC(C)(C)C)CCC2N(C)Cc1cnc(Nc2ccc(N3CCN(C)CC3)cc2)nc1N(C)C=O. The van der Waals surface area contributed by atoms with Gasteiger partial charge in [-0.3, -0.25) is 14.6 Å². The fourth-order valence-corrected chi connectivity index (χ4v) is 5.99. The minimum absolute atomic E-state index is 0. The predicted molar refractivity (Wildman–Crippen MR) is 188 cm³/mol. The molecule has 0 aliphatic carbocycles. The Morgan fingerprint density at radius 2 is 1.77 bits per heavy atom. The van der Waals surface area contributed by atoms with Crippen LogP contribution in [0.5, 0.6) is 5.75 Å². The largest absolute Gasteiger partial charge is 0.495 e. The molecule has 5 rings (SSSR count). The number of methoxy groups -OCH3 is 1. The van der Waals surface area contributed by atoms with Crippen LogP contribution in [0, 0.1) is 0 Å². The zero-order chi connectivity index (χ0) is 33.0. The van der Waals surface area contributed by atoms with Crippen LogP contribution in [0.2, 0.25) is 0 Å². The third-order valence-corrected chi connectivity index (χ3v) is 8.40. The Bertz CT molecular complexity index is 1520. The van der Waals surface area contributed by atoms with Crippen LogP contribution in [-0.4, -0.2) is 98.8 Å². The highest BCUT2D eigenvalue weighted by atomic mass is 16.6. The molecule has 12 nitrogen and oxygen atoms in total. The number of anilines is 5. The summed E-state index contributed by atoms with van der Waals surface area (Å²) in [5.74, 6) is 1.53. The van der Waals surface area contributed by atoms with E-state index in [1.54, 1.807) is 25.3 Å². The maximum Gasteiger partial charge on any atom is 0.414 e. The number of nitrogens with zero attached hydrogens (tertiary/aromatic N) is 7. The number of para-hydroxylation sites is 1. The lowest BCUT2D eigenvalue weighted by molar-refractivity contribution is -0.107. The molecule has 0 radical (unpaired) electrons. The summed E-state index contributed by atoms with van der Waals surface area (Å²) in [4.78, 5) is 44.5. The summed E-state index contributed by atoms with van der Waals surface area (Å²) in [6.07, 6.45) is 2.79. The lowest BCUT2D eigenvalue weighted by Crippen LogP contribution is -2.44. The van der Waals surface area contributed by atoms with Gasteiger partial charge in [0.2, 0.25) is 12.4 Å². The zero-order valence-corrected chi connectivity index (χ0v) is 28.0. The number of hydrogen-bond acceptors (Lipinski definition) is 10. The number of nitrogens with one attached hydrogen (secondary N) is 1. The maximum absolute atomic E-state index is 13.2. The van der Waals surface area contributed by atoms with Crippen LogP contribution in [0.1, 0.15) is 51.8 Å². The van der Waals surface area contributed by atoms with Crippen LogP contribution >= 0.6 is 0 Å². The number of fused-ring (bicyclic) bond motifs is 1. The summed E-state index contributed by atoms with van der Waals surface area (Å²) in [6.45, 7) is 10.6. The molecule has 0 bridgehead atoms. The Morgan fingerprint density at radius 1 is 1.06 bits per heavy atom. The summed E-state index contributed by atoms with van der Waals surface area (Å²) < 4.78 is 11.4. The number of likely N-dealkylation sites (N-methyl/N-ethyl adjacent to an activating group) is 1. The van der Waals surface area contributed by atoms with Gasteiger partial charge in [-0.25, -0.2) is 9.78 Å². The van der Waals surface area contributed by atoms with E-state index in [0.717, 1.165) is 49.4 Å². The summed E-state index contributed by atoms with van der Waals surface area (Å²) in [5, 5.41) is 3.29. The third-order valence-electron chi connectivity index (χ3n) is 8.40. The lowest BCUT2D eigenvalue weighted by Gasteiger charge is -2.39. The fraction of sp³-hybridized carbons (Fsp3) is 0.486. The third kappa shape index (κ3) is 8.30. The van der Waals surface area contributed by atoms with Crippen molar-refractivity contribution in [1.82, 2.24) is 19.8 Å². The normalized spacial score (nSPS) is 16.6. The van der Waals surface area contributed by atoms with E-state index >= 15 is 0 Å². The van der Waals surface area contributed by atoms with Crippen LogP contribution in [-0.2, 0) is 16.1 Å². The fourth-order valence-electron chi connectivity index (χ4n) is 5.99. The quantitative estimate of drug-likeness (QED) is 0.299. The standard InChI is InChI=1S/C34H46N8O4.CH4/c1-34(2,3)46-33(44)42-16-15-28(27-9-8-10-29(45-7)30(27)42)39(5)22-24-21-35-32(37-31(24)40(6)23-43)36-25-11-13-26(14-12-25)41-19-17-38(4)18-20-41;/h8-14,21,23,28H,15-20,22H2,1-7H3,(H,35,36,37);1H4. The molecule has 1 saturated heterocycles. The highest BCUT2D eigenvalue weighted by Gasteiger charge is 2.35. The Balaban J connectivity index is 0.00000500. The van der Waals surface area contributed by atoms with E-state index in [1.807, 2.05) is 58.2 Å². The molecule has 2 amide bonds. The Labute approximate surface area is 279 Å². The van der Waals surface area contributed by atoms with Crippen molar-refractivity contribution >= 4 is 41.3 Å². The average molecular weight is 647 g/mol. The first kappa shape index (κ1) is 35.4. The molecule has 2 aliphatic rings. The number of ether oxygens (including phenoxy) is 2. The van der Waals surface area contributed by atoms with Crippen molar-refractivity contribution in [2.24, 2.45) is 0 Å². The molecule has 0 saturated carbocycles. The monoisotopic (exact) mass is 646 g/mol. The highest BCUT2D eigenvalue weighted by molar-refractivity contribution is 5.92. The van der Waals surface area contributed by atoms with E-state index in [1.165, 1.54) is 10.6 Å². The van der Waals surface area contributed by atoms with Crippen molar-refractivity contribution in [2.75, 3.05) is 81.0 Å². The van der Waals surface area contributed by atoms with Gasteiger partial charge in [-0.15, -0.1) is 0 Å². The van der Waals surface area contributed by atoms with Crippen LogP contribution in [0.4, 0.5) is 33.6 Å². The number of piperazine rings is 1. The molecule has 2 aromatic carbocycles. The molecule has 1 fully saturated rings. The first-order valence-corrected chi connectivity index (χ1v) is 15.7. The van der Waals surface area contributed by atoms with Crippen molar-refractivity contribution in [1.29, 1.82) is 0 Å². The summed E-state index contributed by atoms with van der Waals surface area (Å²) in [7, 11) is 7.47. The Kier molecular flexibility index (Phi) is 11.3. The summed E-state index contributed by atoms with van der Waals surface area (Å²) in [6, 6.07) is 14.0. The van der Waals surface area contributed by atoms with E-state index in [-0.39, 0.29) is 13.5 Å². The second kappa shape index (κ2) is 15.0. The highest BCUT2D eigenvalue weighted by Crippen LogP contribution is 2.43. The van der Waals surface area contributed by atoms with Crippen LogP contribution in [0.3, 0.4) is 0 Å². The lowest BCUT2D eigenvalue weighted by atomic mass is 9.94. The van der Waals surface area contributed by atoms with Gasteiger partial charge in [0.15, 0.2) is 0 Å². The first-order chi connectivity index (χ1) is 22.0. The van der Waals surface area contributed by atoms with Gasteiger partial charge in [0.1, 0.15) is 17.2 Å². The summed E-state index contributed by atoms with van der Waals surface area (Å²) >= 11 is 0. The average Bonchev–Trinajstić information content (AvgIpc) is 3.04. The Hall–Kier alpha value is -4.42. The number of carbonyl (C=O) groups excluding carboxylic acids is 2. The molecule has 0 spiro atoms. The molecule has 1 atom stereocenters. The van der Waals surface area contributed by atoms with Gasteiger partial charge in [-0.05, 0) is 77.2 Å². The van der Waals surface area contributed by atoms with Gasteiger partial charge in [-0.1, -0.05) is 19.6 Å². The van der Waals surface area contributed by atoms with Gasteiger partial charge < -0.3 is 29.5 Å². The second-order valence-electron chi connectivity index (χ2n) is 13.0. The number of aromatic nitrogens is 2. The number of benzene rings is 2. The minimum Gasteiger partial charge on any atom is -0.495 e. The Morgan fingerprint density at radius 3 is 2.40 bits per heavy atom. The number of carbonyl (C=O) groups is 2. The zero-order valence-electron chi connectivity index (χ0n) is 28.0. The van der Waals surface area contributed by atoms with Crippen LogP contribution < -0.4 is 24.8 Å². The van der Waals surface area contributed by atoms with Crippen molar-refractivity contribution in [3.05, 3.63) is 59.8 Å². The molecule has 1 unspecified atom stereocenters. The van der Waals surface area contributed by atoms with E-state index in [2.05, 4.69) is 44.2 Å². The van der Waals surface area contributed by atoms with Gasteiger partial charge in [-0.2, -0.15) is 4.98 Å². The van der Waals surface area contributed by atoms with Crippen molar-refractivity contribution < 1.29 is 19.1 Å². The molecule has 1 N–H and O–H groups in total. The number of hydrogen-bond donors (Lipinski definition) is 1. The first-order valence-electron chi connectivity index (χ1n) is 15.7. The second-order valence-corrected chi connectivity index (χ2v) is 13.0. The molecular formula is C35H50N8O4. The van der Waals surface area contributed by atoms with Gasteiger partial charge >= 0.3 is 6.09 Å². The predicted octanol–water partition coefficient (Wildman–Crippen LogP) is 5.53. The smallest absolute Gasteiger partial charge is 0.414 e. The molecule has 1 aromatic heterocycles. The molecule has 3 heterocycles. The van der Waals surface area contributed by atoms with Crippen molar-refractivity contribution in [2.45, 2.75) is 52.8 Å². The minimum atomic E-state index is -0.622. The number of rotatable bonds is 9. The van der Waals surface area contributed by atoms with E-state index in [0.29, 0.717) is 42.7 Å². The van der Waals surface area contributed by atoms with Gasteiger partial charge in [0.05, 0.1) is 12.8 Å². The molecule has 2 aliphatic heterocycles. The van der Waals surface area contributed by atoms with Gasteiger partial charge in [0.25, 0.3) is 0 Å². The van der Waals surface area contributed by atoms with Crippen LogP contribution in [0.25, 0.3) is 0 Å². The van der Waals surface area contributed by atoms with E-state index < -0.39 is 11.7 Å². The van der Waals surface area contributed by atoms with E-state index in [9.17, 15) is 9.59 Å². The molecular weight excluding hydrogens is 596 g/mol. The van der Waals surface area contributed by atoms with Crippen molar-refractivity contribution in [3.8, 4) is 5.75 Å². The molecule has 47 heavy (non-hydrogen) atoms. The molecule has 3 aromatic rings. The van der Waals surface area contributed by atoms with Crippen LogP contribution in [0.15, 0.2) is 48.7 Å². The summed E-state index contributed by atoms with van der Waals surface area (Å²) in [5.41, 5.74) is 3.90. The molecule has 254 valence electrons. The molecule has 12 heteroatoms. The topological polar surface area (TPSA) is 107 Å². The number of amides is 2. The van der Waals surface area contributed by atoms with Gasteiger partial charge in [0, 0.05) is 75.5 Å². The van der Waals surface area contributed by atoms with E-state index in [4.69, 9.17) is 14.5 Å². The van der Waals surface area contributed by atoms with Crippen molar-refractivity contribution in [3.63, 3.8) is 0 Å². The maximum atomic E-state index is 13.2.